The van der Waals surface area contributed by atoms with Crippen molar-refractivity contribution in [3.05, 3.63) is 60.2 Å². The molecule has 0 aliphatic carbocycles. The summed E-state index contributed by atoms with van der Waals surface area (Å²) in [4.78, 5) is 42.5. The van der Waals surface area contributed by atoms with Crippen LogP contribution in [0.5, 0.6) is 5.75 Å². The Morgan fingerprint density at radius 2 is 1.50 bits per heavy atom. The lowest BCUT2D eigenvalue weighted by Gasteiger charge is -2.36. The van der Waals surface area contributed by atoms with Crippen molar-refractivity contribution in [2.24, 2.45) is 0 Å². The molecule has 2 aliphatic rings. The molecule has 0 atom stereocenters. The number of benzene rings is 2. The second kappa shape index (κ2) is 7.72. The highest BCUT2D eigenvalue weighted by molar-refractivity contribution is 6.02. The Hall–Kier alpha value is -3.35. The fourth-order valence-electron chi connectivity index (χ4n) is 3.48. The highest BCUT2D eigenvalue weighted by Gasteiger charge is 2.30. The lowest BCUT2D eigenvalue weighted by Crippen LogP contribution is -2.53. The van der Waals surface area contributed by atoms with E-state index in [0.717, 1.165) is 0 Å². The summed E-state index contributed by atoms with van der Waals surface area (Å²) < 4.78 is 5.42. The van der Waals surface area contributed by atoms with Gasteiger partial charge in [-0.05, 0) is 24.3 Å². The van der Waals surface area contributed by atoms with Gasteiger partial charge in [0.2, 0.25) is 5.91 Å². The molecule has 0 spiro atoms. The van der Waals surface area contributed by atoms with E-state index in [2.05, 4.69) is 0 Å². The Morgan fingerprint density at radius 1 is 0.857 bits per heavy atom. The van der Waals surface area contributed by atoms with Crippen LogP contribution in [0.4, 0.5) is 5.69 Å². The average molecular weight is 379 g/mol. The van der Waals surface area contributed by atoms with Crippen molar-refractivity contribution >= 4 is 23.4 Å². The quantitative estimate of drug-likeness (QED) is 0.808. The molecule has 7 nitrogen and oxygen atoms in total. The molecule has 0 unspecified atom stereocenters. The van der Waals surface area contributed by atoms with Gasteiger partial charge in [-0.3, -0.25) is 19.3 Å². The molecule has 0 bridgehead atoms. The van der Waals surface area contributed by atoms with Crippen LogP contribution in [0.25, 0.3) is 0 Å². The number of nitrogens with zero attached hydrogens (tertiary/aromatic N) is 3. The van der Waals surface area contributed by atoms with E-state index in [4.69, 9.17) is 4.74 Å². The zero-order valence-electron chi connectivity index (χ0n) is 15.4. The molecule has 0 aromatic heterocycles. The monoisotopic (exact) mass is 379 g/mol. The van der Waals surface area contributed by atoms with E-state index in [1.54, 1.807) is 34.1 Å². The molecule has 4 rings (SSSR count). The Balaban J connectivity index is 1.37. The van der Waals surface area contributed by atoms with Crippen LogP contribution in [-0.4, -0.2) is 66.9 Å². The van der Waals surface area contributed by atoms with Gasteiger partial charge < -0.3 is 14.5 Å². The lowest BCUT2D eigenvalue weighted by molar-refractivity contribution is -0.133. The van der Waals surface area contributed by atoms with Gasteiger partial charge in [0.25, 0.3) is 11.8 Å². The number of fused-ring (bicyclic) bond motifs is 1. The van der Waals surface area contributed by atoms with Crippen LogP contribution in [0.1, 0.15) is 10.4 Å². The molecule has 1 saturated heterocycles. The summed E-state index contributed by atoms with van der Waals surface area (Å²) >= 11 is 0. The number of para-hydroxylation sites is 2. The van der Waals surface area contributed by atoms with Gasteiger partial charge >= 0.3 is 0 Å². The summed E-state index contributed by atoms with van der Waals surface area (Å²) in [5, 5.41) is 0. The number of hydrogen-bond acceptors (Lipinski definition) is 4. The van der Waals surface area contributed by atoms with Crippen molar-refractivity contribution in [2.45, 2.75) is 0 Å². The third kappa shape index (κ3) is 3.55. The Bertz CT molecular complexity index is 892. The molecule has 0 N–H and O–H groups in total. The van der Waals surface area contributed by atoms with Crippen LogP contribution >= 0.6 is 0 Å². The Morgan fingerprint density at radius 3 is 2.25 bits per heavy atom. The van der Waals surface area contributed by atoms with Crippen LogP contribution in [0.2, 0.25) is 0 Å². The van der Waals surface area contributed by atoms with Crippen molar-refractivity contribution in [2.75, 3.05) is 44.2 Å². The fraction of sp³-hybridized carbons (Fsp3) is 0.286. The van der Waals surface area contributed by atoms with E-state index in [0.29, 0.717) is 43.2 Å². The van der Waals surface area contributed by atoms with E-state index in [-0.39, 0.29) is 30.9 Å². The SMILES string of the molecule is O=C(CN1C(=O)COc2ccccc21)N1CCN(C(=O)c2ccccc2)CC1. The number of carbonyl (C=O) groups excluding carboxylic acids is 3. The van der Waals surface area contributed by atoms with Gasteiger partial charge in [-0.2, -0.15) is 0 Å². The van der Waals surface area contributed by atoms with Gasteiger partial charge in [-0.25, -0.2) is 0 Å². The molecular formula is C21H21N3O4. The number of ether oxygens (including phenoxy) is 1. The molecule has 3 amide bonds. The summed E-state index contributed by atoms with van der Waals surface area (Å²) in [6.45, 7) is 1.78. The van der Waals surface area contributed by atoms with E-state index < -0.39 is 0 Å². The highest BCUT2D eigenvalue weighted by Crippen LogP contribution is 2.31. The van der Waals surface area contributed by atoms with E-state index in [1.807, 2.05) is 30.3 Å². The predicted molar refractivity (Wildman–Crippen MR) is 103 cm³/mol. The first-order valence-electron chi connectivity index (χ1n) is 9.28. The molecule has 2 aliphatic heterocycles. The Kier molecular flexibility index (Phi) is 4.97. The first kappa shape index (κ1) is 18.0. The standard InChI is InChI=1S/C21H21N3O4/c25-19(14-24-17-8-4-5-9-18(17)28-15-20(24)26)22-10-12-23(13-11-22)21(27)16-6-2-1-3-7-16/h1-9H,10-15H2. The predicted octanol–water partition coefficient (Wildman–Crippen LogP) is 1.40. The number of piperazine rings is 1. The van der Waals surface area contributed by atoms with Gasteiger partial charge in [-0.1, -0.05) is 30.3 Å². The zero-order chi connectivity index (χ0) is 19.5. The molecule has 1 fully saturated rings. The van der Waals surface area contributed by atoms with Crippen LogP contribution in [0.15, 0.2) is 54.6 Å². The van der Waals surface area contributed by atoms with Gasteiger partial charge in [0.1, 0.15) is 12.3 Å². The minimum atomic E-state index is -0.232. The van der Waals surface area contributed by atoms with Gasteiger partial charge in [-0.15, -0.1) is 0 Å². The van der Waals surface area contributed by atoms with E-state index >= 15 is 0 Å². The second-order valence-corrected chi connectivity index (χ2v) is 6.78. The summed E-state index contributed by atoms with van der Waals surface area (Å²) in [6.07, 6.45) is 0. The van der Waals surface area contributed by atoms with Crippen molar-refractivity contribution in [1.29, 1.82) is 0 Å². The molecule has 0 radical (unpaired) electrons. The number of carbonyl (C=O) groups is 3. The average Bonchev–Trinajstić information content (AvgIpc) is 2.76. The molecule has 2 aromatic rings. The highest BCUT2D eigenvalue weighted by atomic mass is 16.5. The molecule has 144 valence electrons. The van der Waals surface area contributed by atoms with E-state index in [9.17, 15) is 14.4 Å². The van der Waals surface area contributed by atoms with Gasteiger partial charge in [0.15, 0.2) is 6.61 Å². The molecule has 2 aromatic carbocycles. The Labute approximate surface area is 163 Å². The third-order valence-corrected chi connectivity index (χ3v) is 5.04. The smallest absolute Gasteiger partial charge is 0.265 e. The molecule has 7 heteroatoms. The molecule has 28 heavy (non-hydrogen) atoms. The molecule has 2 heterocycles. The minimum Gasteiger partial charge on any atom is -0.482 e. The summed E-state index contributed by atoms with van der Waals surface area (Å²) in [6, 6.07) is 16.3. The van der Waals surface area contributed by atoms with Gasteiger partial charge in [0, 0.05) is 31.7 Å². The minimum absolute atomic E-state index is 0.0220. The van der Waals surface area contributed by atoms with Crippen LogP contribution in [0, 0.1) is 0 Å². The first-order valence-corrected chi connectivity index (χ1v) is 9.28. The van der Waals surface area contributed by atoms with Crippen LogP contribution in [0.3, 0.4) is 0 Å². The summed E-state index contributed by atoms with van der Waals surface area (Å²) in [5.74, 6) is 0.222. The fourth-order valence-corrected chi connectivity index (χ4v) is 3.48. The summed E-state index contributed by atoms with van der Waals surface area (Å²) in [7, 11) is 0. The maximum atomic E-state index is 12.8. The van der Waals surface area contributed by atoms with E-state index in [1.165, 1.54) is 4.90 Å². The maximum Gasteiger partial charge on any atom is 0.265 e. The van der Waals surface area contributed by atoms with Crippen molar-refractivity contribution < 1.29 is 19.1 Å². The lowest BCUT2D eigenvalue weighted by atomic mass is 10.2. The number of rotatable bonds is 3. The largest absolute Gasteiger partial charge is 0.482 e. The number of anilines is 1. The first-order chi connectivity index (χ1) is 13.6. The third-order valence-electron chi connectivity index (χ3n) is 5.04. The zero-order valence-corrected chi connectivity index (χ0v) is 15.4. The van der Waals surface area contributed by atoms with Crippen molar-refractivity contribution in [3.63, 3.8) is 0 Å². The van der Waals surface area contributed by atoms with Crippen molar-refractivity contribution in [3.8, 4) is 5.75 Å². The number of hydrogen-bond donors (Lipinski definition) is 0. The topological polar surface area (TPSA) is 70.2 Å². The molecule has 0 saturated carbocycles. The van der Waals surface area contributed by atoms with Gasteiger partial charge in [0.05, 0.1) is 5.69 Å². The van der Waals surface area contributed by atoms with Crippen molar-refractivity contribution in [1.82, 2.24) is 9.80 Å². The summed E-state index contributed by atoms with van der Waals surface area (Å²) in [5.41, 5.74) is 1.27. The number of amides is 3. The van der Waals surface area contributed by atoms with Crippen LogP contribution < -0.4 is 9.64 Å². The normalized spacial score (nSPS) is 16.4. The van der Waals surface area contributed by atoms with Crippen LogP contribution in [-0.2, 0) is 9.59 Å². The second-order valence-electron chi connectivity index (χ2n) is 6.78. The molecular weight excluding hydrogens is 358 g/mol. The maximum absolute atomic E-state index is 12.8.